The van der Waals surface area contributed by atoms with Gasteiger partial charge in [-0.15, -0.1) is 0 Å². The molecule has 1 N–H and O–H groups in total. The highest BCUT2D eigenvalue weighted by Gasteiger charge is 2.19. The van der Waals surface area contributed by atoms with Crippen molar-refractivity contribution in [2.24, 2.45) is 5.10 Å². The van der Waals surface area contributed by atoms with Crippen molar-refractivity contribution >= 4 is 15.7 Å². The third-order valence-electron chi connectivity index (χ3n) is 3.09. The van der Waals surface area contributed by atoms with E-state index in [9.17, 15) is 8.42 Å². The third kappa shape index (κ3) is 3.98. The smallest absolute Gasteiger partial charge is 0.280 e. The number of nitrogens with zero attached hydrogens (tertiary/aromatic N) is 2. The number of hydrazone groups is 1. The fourth-order valence-electron chi connectivity index (χ4n) is 1.83. The molecule has 0 aliphatic rings. The fraction of sp³-hybridized carbons (Fsp3) is 0.200. The lowest BCUT2D eigenvalue weighted by molar-refractivity contribution is 0.386. The third-order valence-corrected chi connectivity index (χ3v) is 4.34. The molecule has 0 amide bonds. The number of sulfonamides is 1. The van der Waals surface area contributed by atoms with Gasteiger partial charge in [-0.3, -0.25) is 4.98 Å². The Balaban J connectivity index is 2.29. The average Bonchev–Trinajstić information content (AvgIpc) is 2.59. The maximum absolute atomic E-state index is 12.4. The van der Waals surface area contributed by atoms with Crippen molar-refractivity contribution in [3.05, 3.63) is 48.3 Å². The van der Waals surface area contributed by atoms with Gasteiger partial charge in [0.25, 0.3) is 10.0 Å². The van der Waals surface area contributed by atoms with E-state index in [1.165, 1.54) is 32.4 Å². The number of methoxy groups -OCH3 is 2. The van der Waals surface area contributed by atoms with Gasteiger partial charge >= 0.3 is 0 Å². The number of pyridine rings is 1. The first-order chi connectivity index (χ1) is 11.0. The zero-order valence-corrected chi connectivity index (χ0v) is 13.8. The monoisotopic (exact) mass is 335 g/mol. The van der Waals surface area contributed by atoms with Crippen LogP contribution >= 0.6 is 0 Å². The standard InChI is InChI=1S/C15H17N3O4S/c1-11(12-6-8-16-9-7-12)17-18-23(19,20)15-5-4-13(21-2)10-14(15)22-3/h4-10,18H,1-3H3/b17-11+. The minimum absolute atomic E-state index is 0.0212. The van der Waals surface area contributed by atoms with Gasteiger partial charge in [0.15, 0.2) is 0 Å². The molecule has 0 fully saturated rings. The molecule has 23 heavy (non-hydrogen) atoms. The summed E-state index contributed by atoms with van der Waals surface area (Å²) < 4.78 is 35.0. The van der Waals surface area contributed by atoms with Crippen LogP contribution in [0.25, 0.3) is 0 Å². The van der Waals surface area contributed by atoms with E-state index in [1.54, 1.807) is 31.5 Å². The number of hydrogen-bond donors (Lipinski definition) is 1. The van der Waals surface area contributed by atoms with E-state index in [0.29, 0.717) is 11.5 Å². The Morgan fingerprint density at radius 3 is 2.43 bits per heavy atom. The van der Waals surface area contributed by atoms with Crippen molar-refractivity contribution in [1.29, 1.82) is 0 Å². The highest BCUT2D eigenvalue weighted by molar-refractivity contribution is 7.89. The van der Waals surface area contributed by atoms with Crippen LogP contribution in [-0.4, -0.2) is 33.3 Å². The van der Waals surface area contributed by atoms with Crippen LogP contribution < -0.4 is 14.3 Å². The Morgan fingerprint density at radius 2 is 1.83 bits per heavy atom. The first kappa shape index (κ1) is 16.8. The normalized spacial score (nSPS) is 11.9. The molecule has 0 spiro atoms. The molecule has 1 aromatic carbocycles. The highest BCUT2D eigenvalue weighted by Crippen LogP contribution is 2.28. The molecular weight excluding hydrogens is 318 g/mol. The number of ether oxygens (including phenoxy) is 2. The summed E-state index contributed by atoms with van der Waals surface area (Å²) in [6.45, 7) is 1.70. The van der Waals surface area contributed by atoms with E-state index in [0.717, 1.165) is 5.56 Å². The lowest BCUT2D eigenvalue weighted by Crippen LogP contribution is -2.20. The Bertz CT molecular complexity index is 805. The topological polar surface area (TPSA) is 89.9 Å². The maximum atomic E-state index is 12.4. The molecule has 1 aromatic heterocycles. The molecular formula is C15H17N3O4S. The summed E-state index contributed by atoms with van der Waals surface area (Å²) in [5.41, 5.74) is 1.29. The Hall–Kier alpha value is -2.61. The highest BCUT2D eigenvalue weighted by atomic mass is 32.2. The van der Waals surface area contributed by atoms with E-state index < -0.39 is 10.0 Å². The van der Waals surface area contributed by atoms with Crippen LogP contribution in [0.3, 0.4) is 0 Å². The molecule has 2 aromatic rings. The number of nitrogens with one attached hydrogen (secondary N) is 1. The van der Waals surface area contributed by atoms with Crippen LogP contribution in [-0.2, 0) is 10.0 Å². The predicted molar refractivity (Wildman–Crippen MR) is 86.3 cm³/mol. The zero-order chi connectivity index (χ0) is 16.9. The van der Waals surface area contributed by atoms with Crippen molar-refractivity contribution in [2.45, 2.75) is 11.8 Å². The van der Waals surface area contributed by atoms with Crippen LogP contribution in [0.2, 0.25) is 0 Å². The van der Waals surface area contributed by atoms with Gasteiger partial charge in [0.1, 0.15) is 16.4 Å². The molecule has 0 atom stereocenters. The molecule has 0 aliphatic heterocycles. The lowest BCUT2D eigenvalue weighted by Gasteiger charge is -2.11. The maximum Gasteiger partial charge on any atom is 0.280 e. The van der Waals surface area contributed by atoms with E-state index in [2.05, 4.69) is 14.9 Å². The van der Waals surface area contributed by atoms with E-state index in [-0.39, 0.29) is 10.6 Å². The van der Waals surface area contributed by atoms with Gasteiger partial charge in [-0.2, -0.15) is 18.4 Å². The molecule has 2 rings (SSSR count). The zero-order valence-electron chi connectivity index (χ0n) is 13.0. The summed E-state index contributed by atoms with van der Waals surface area (Å²) in [6.07, 6.45) is 3.21. The number of benzene rings is 1. The van der Waals surface area contributed by atoms with Gasteiger partial charge in [0, 0.05) is 24.0 Å². The van der Waals surface area contributed by atoms with E-state index >= 15 is 0 Å². The van der Waals surface area contributed by atoms with Gasteiger partial charge in [-0.1, -0.05) is 0 Å². The number of hydrogen-bond acceptors (Lipinski definition) is 6. The van der Waals surface area contributed by atoms with Crippen LogP contribution in [0.5, 0.6) is 11.5 Å². The van der Waals surface area contributed by atoms with Gasteiger partial charge < -0.3 is 9.47 Å². The Morgan fingerprint density at radius 1 is 1.13 bits per heavy atom. The van der Waals surface area contributed by atoms with Gasteiger partial charge in [0.05, 0.1) is 19.9 Å². The molecule has 0 radical (unpaired) electrons. The van der Waals surface area contributed by atoms with Crippen molar-refractivity contribution in [3.63, 3.8) is 0 Å². The lowest BCUT2D eigenvalue weighted by atomic mass is 10.2. The summed E-state index contributed by atoms with van der Waals surface area (Å²) in [5, 5.41) is 3.92. The summed E-state index contributed by atoms with van der Waals surface area (Å²) in [5.74, 6) is 0.672. The van der Waals surface area contributed by atoms with Crippen LogP contribution in [0.15, 0.2) is 52.7 Å². The molecule has 0 saturated heterocycles. The van der Waals surface area contributed by atoms with Crippen molar-refractivity contribution in [2.75, 3.05) is 14.2 Å². The summed E-state index contributed by atoms with van der Waals surface area (Å²) in [7, 11) is -0.987. The minimum atomic E-state index is -3.86. The SMILES string of the molecule is COc1ccc(S(=O)(=O)N/N=C(\C)c2ccncc2)c(OC)c1. The molecule has 122 valence electrons. The molecule has 7 nitrogen and oxygen atoms in total. The molecule has 1 heterocycles. The number of rotatable bonds is 6. The van der Waals surface area contributed by atoms with Crippen LogP contribution in [0, 0.1) is 0 Å². The molecule has 0 bridgehead atoms. The summed E-state index contributed by atoms with van der Waals surface area (Å²) in [6, 6.07) is 7.91. The first-order valence-electron chi connectivity index (χ1n) is 6.66. The van der Waals surface area contributed by atoms with Crippen molar-refractivity contribution in [1.82, 2.24) is 9.82 Å². The number of aromatic nitrogens is 1. The Kier molecular flexibility index (Phi) is 5.17. The second-order valence-corrected chi connectivity index (χ2v) is 6.17. The quantitative estimate of drug-likeness (QED) is 0.642. The van der Waals surface area contributed by atoms with Crippen molar-refractivity contribution in [3.8, 4) is 11.5 Å². The van der Waals surface area contributed by atoms with Gasteiger partial charge in [-0.05, 0) is 31.2 Å². The Labute approximate surface area is 135 Å². The first-order valence-corrected chi connectivity index (χ1v) is 8.15. The predicted octanol–water partition coefficient (Wildman–Crippen LogP) is 1.80. The molecule has 0 saturated carbocycles. The largest absolute Gasteiger partial charge is 0.497 e. The van der Waals surface area contributed by atoms with Crippen molar-refractivity contribution < 1.29 is 17.9 Å². The second kappa shape index (κ2) is 7.10. The van der Waals surface area contributed by atoms with Crippen LogP contribution in [0.4, 0.5) is 0 Å². The molecule has 0 aliphatic carbocycles. The van der Waals surface area contributed by atoms with E-state index in [1.807, 2.05) is 0 Å². The fourth-order valence-corrected chi connectivity index (χ4v) is 2.84. The van der Waals surface area contributed by atoms with Gasteiger partial charge in [-0.25, -0.2) is 0 Å². The molecule has 0 unspecified atom stereocenters. The van der Waals surface area contributed by atoms with E-state index in [4.69, 9.17) is 9.47 Å². The minimum Gasteiger partial charge on any atom is -0.497 e. The average molecular weight is 335 g/mol. The van der Waals surface area contributed by atoms with Gasteiger partial charge in [0.2, 0.25) is 0 Å². The molecule has 8 heteroatoms. The summed E-state index contributed by atoms with van der Waals surface area (Å²) >= 11 is 0. The second-order valence-electron chi connectivity index (χ2n) is 4.54. The summed E-state index contributed by atoms with van der Waals surface area (Å²) in [4.78, 5) is 6.08. The van der Waals surface area contributed by atoms with Crippen LogP contribution in [0.1, 0.15) is 12.5 Å².